The van der Waals surface area contributed by atoms with Gasteiger partial charge in [-0.25, -0.2) is 17.8 Å². The molecule has 1 aromatic heterocycles. The van der Waals surface area contributed by atoms with Gasteiger partial charge in [-0.15, -0.1) is 5.10 Å². The number of nitrogens with zero attached hydrogens (tertiary/aromatic N) is 3. The Bertz CT molecular complexity index is 1100. The molecule has 0 bridgehead atoms. The van der Waals surface area contributed by atoms with Gasteiger partial charge in [-0.1, -0.05) is 52.1 Å². The van der Waals surface area contributed by atoms with Gasteiger partial charge < -0.3 is 0 Å². The van der Waals surface area contributed by atoms with Crippen LogP contribution in [-0.4, -0.2) is 29.3 Å². The van der Waals surface area contributed by atoms with Crippen molar-refractivity contribution in [3.63, 3.8) is 0 Å². The molecule has 1 amide bonds. The summed E-state index contributed by atoms with van der Waals surface area (Å²) in [7, 11) is -4.16. The van der Waals surface area contributed by atoms with E-state index in [0.29, 0.717) is 10.7 Å². The lowest BCUT2D eigenvalue weighted by molar-refractivity contribution is 0.0976. The van der Waals surface area contributed by atoms with Crippen LogP contribution in [0.15, 0.2) is 53.6 Å². The summed E-state index contributed by atoms with van der Waals surface area (Å²) < 4.78 is 27.7. The van der Waals surface area contributed by atoms with Crippen LogP contribution >= 0.6 is 34.8 Å². The van der Waals surface area contributed by atoms with E-state index in [1.54, 1.807) is 18.2 Å². The van der Waals surface area contributed by atoms with Gasteiger partial charge in [-0.2, -0.15) is 0 Å². The molecule has 0 aliphatic carbocycles. The molecule has 0 saturated heterocycles. The Kier molecular flexibility index (Phi) is 5.19. The third kappa shape index (κ3) is 3.83. The molecule has 3 rings (SSSR count). The fourth-order valence-electron chi connectivity index (χ4n) is 2.04. The molecule has 0 saturated carbocycles. The second kappa shape index (κ2) is 7.24. The van der Waals surface area contributed by atoms with Crippen molar-refractivity contribution in [3.8, 4) is 5.69 Å². The van der Waals surface area contributed by atoms with E-state index in [1.807, 2.05) is 4.72 Å². The first-order chi connectivity index (χ1) is 12.3. The van der Waals surface area contributed by atoms with Crippen molar-refractivity contribution in [1.29, 1.82) is 0 Å². The first-order valence-corrected chi connectivity index (χ1v) is 9.59. The molecule has 11 heteroatoms. The molecule has 0 fully saturated rings. The molecule has 0 unspecified atom stereocenters. The normalized spacial score (nSPS) is 11.3. The Morgan fingerprint density at radius 3 is 2.46 bits per heavy atom. The molecule has 134 valence electrons. The van der Waals surface area contributed by atoms with Crippen LogP contribution in [0, 0.1) is 0 Å². The lowest BCUT2D eigenvalue weighted by atomic mass is 10.3. The molecule has 0 aliphatic rings. The number of hydrogen-bond acceptors (Lipinski definition) is 5. The fraction of sp³-hybridized carbons (Fsp3) is 0. The molecule has 7 nitrogen and oxygen atoms in total. The van der Waals surface area contributed by atoms with E-state index in [9.17, 15) is 13.2 Å². The molecule has 0 radical (unpaired) electrons. The van der Waals surface area contributed by atoms with Crippen molar-refractivity contribution in [2.75, 3.05) is 0 Å². The van der Waals surface area contributed by atoms with Crippen LogP contribution in [-0.2, 0) is 10.0 Å². The van der Waals surface area contributed by atoms with E-state index in [4.69, 9.17) is 34.8 Å². The van der Waals surface area contributed by atoms with Gasteiger partial charge in [0.2, 0.25) is 0 Å². The number of nitrogens with one attached hydrogen (secondary N) is 1. The number of hydrogen-bond donors (Lipinski definition) is 1. The van der Waals surface area contributed by atoms with E-state index in [1.165, 1.54) is 35.1 Å². The molecule has 1 N–H and O–H groups in total. The van der Waals surface area contributed by atoms with Crippen LogP contribution in [0.2, 0.25) is 15.1 Å². The van der Waals surface area contributed by atoms with E-state index in [-0.39, 0.29) is 20.6 Å². The second-order valence-corrected chi connectivity index (χ2v) is 7.91. The average molecular weight is 432 g/mol. The number of benzene rings is 2. The highest BCUT2D eigenvalue weighted by molar-refractivity contribution is 7.90. The molecule has 0 spiro atoms. The highest BCUT2D eigenvalue weighted by atomic mass is 35.5. The summed E-state index contributed by atoms with van der Waals surface area (Å²) in [5, 5.41) is 8.16. The van der Waals surface area contributed by atoms with E-state index in [0.717, 1.165) is 0 Å². The maximum absolute atomic E-state index is 12.3. The molecular formula is C15H9Cl3N4O3S. The van der Waals surface area contributed by atoms with Crippen molar-refractivity contribution in [3.05, 3.63) is 69.4 Å². The molecule has 0 aliphatic heterocycles. The monoisotopic (exact) mass is 430 g/mol. The largest absolute Gasteiger partial charge is 0.287 e. The van der Waals surface area contributed by atoms with Gasteiger partial charge in [0, 0.05) is 5.02 Å². The highest BCUT2D eigenvalue weighted by Gasteiger charge is 2.23. The van der Waals surface area contributed by atoms with Crippen LogP contribution in [0.4, 0.5) is 0 Å². The van der Waals surface area contributed by atoms with E-state index in [2.05, 4.69) is 10.3 Å². The summed E-state index contributed by atoms with van der Waals surface area (Å²) in [5.74, 6) is -0.957. The smallest absolute Gasteiger partial charge is 0.266 e. The summed E-state index contributed by atoms with van der Waals surface area (Å²) in [5.41, 5.74) is 0.211. The predicted octanol–water partition coefficient (Wildman–Crippen LogP) is 3.35. The maximum atomic E-state index is 12.3. The minimum Gasteiger partial charge on any atom is -0.266 e. The summed E-state index contributed by atoms with van der Waals surface area (Å²) in [4.78, 5) is 12.0. The Morgan fingerprint density at radius 2 is 1.77 bits per heavy atom. The van der Waals surface area contributed by atoms with Gasteiger partial charge in [0.15, 0.2) is 5.69 Å². The Morgan fingerprint density at radius 1 is 1.04 bits per heavy atom. The van der Waals surface area contributed by atoms with Crippen molar-refractivity contribution in [1.82, 2.24) is 19.7 Å². The molecule has 3 aromatic rings. The van der Waals surface area contributed by atoms with Gasteiger partial charge >= 0.3 is 0 Å². The first kappa shape index (κ1) is 18.7. The zero-order chi connectivity index (χ0) is 18.9. The maximum Gasteiger partial charge on any atom is 0.287 e. The van der Waals surface area contributed by atoms with Gasteiger partial charge in [0.25, 0.3) is 15.9 Å². The number of carbonyl (C=O) groups is 1. The lowest BCUT2D eigenvalue weighted by Crippen LogP contribution is -2.31. The third-order valence-corrected chi connectivity index (χ3v) is 5.60. The number of rotatable bonds is 4. The zero-order valence-corrected chi connectivity index (χ0v) is 15.8. The van der Waals surface area contributed by atoms with Crippen molar-refractivity contribution in [2.24, 2.45) is 0 Å². The molecular weight excluding hydrogens is 423 g/mol. The van der Waals surface area contributed by atoms with Gasteiger partial charge in [0.05, 0.1) is 21.9 Å². The van der Waals surface area contributed by atoms with Crippen molar-refractivity contribution < 1.29 is 13.2 Å². The SMILES string of the molecule is O=C(NS(=O)(=O)c1ccccc1Cl)c1cn(-c2ccc(Cl)cc2Cl)nn1. The minimum atomic E-state index is -4.16. The Balaban J connectivity index is 1.86. The topological polar surface area (TPSA) is 94.0 Å². The fourth-order valence-corrected chi connectivity index (χ4v) is 4.02. The molecule has 2 aromatic carbocycles. The standard InChI is InChI=1S/C15H9Cl3N4O3S/c16-9-5-6-13(11(18)7-9)22-8-12(19-21-22)15(23)20-26(24,25)14-4-2-1-3-10(14)17/h1-8H,(H,20,23). The van der Waals surface area contributed by atoms with Crippen LogP contribution < -0.4 is 4.72 Å². The van der Waals surface area contributed by atoms with Crippen molar-refractivity contribution >= 4 is 50.7 Å². The quantitative estimate of drug-likeness (QED) is 0.684. The summed E-state index contributed by atoms with van der Waals surface area (Å²) in [6, 6.07) is 10.4. The summed E-state index contributed by atoms with van der Waals surface area (Å²) in [6.45, 7) is 0. The van der Waals surface area contributed by atoms with Crippen LogP contribution in [0.1, 0.15) is 10.5 Å². The van der Waals surface area contributed by atoms with Gasteiger partial charge in [-0.3, -0.25) is 4.79 Å². The van der Waals surface area contributed by atoms with E-state index >= 15 is 0 Å². The lowest BCUT2D eigenvalue weighted by Gasteiger charge is -2.06. The number of carbonyl (C=O) groups excluding carboxylic acids is 1. The van der Waals surface area contributed by atoms with Crippen molar-refractivity contribution in [2.45, 2.75) is 4.90 Å². The average Bonchev–Trinajstić information content (AvgIpc) is 3.04. The summed E-state index contributed by atoms with van der Waals surface area (Å²) >= 11 is 17.8. The van der Waals surface area contributed by atoms with Crippen LogP contribution in [0.5, 0.6) is 0 Å². The molecule has 26 heavy (non-hydrogen) atoms. The number of sulfonamides is 1. The summed E-state index contributed by atoms with van der Waals surface area (Å²) in [6.07, 6.45) is 1.24. The minimum absolute atomic E-state index is 0.00981. The van der Waals surface area contributed by atoms with Crippen LogP contribution in [0.25, 0.3) is 5.69 Å². The second-order valence-electron chi connectivity index (χ2n) is 5.01. The predicted molar refractivity (Wildman–Crippen MR) is 97.5 cm³/mol. The third-order valence-electron chi connectivity index (χ3n) is 3.24. The number of amides is 1. The Hall–Kier alpha value is -2.13. The highest BCUT2D eigenvalue weighted by Crippen LogP contribution is 2.24. The number of aromatic nitrogens is 3. The molecule has 1 heterocycles. The Labute approximate surface area is 163 Å². The molecule has 0 atom stereocenters. The van der Waals surface area contributed by atoms with Gasteiger partial charge in [0.1, 0.15) is 4.90 Å². The van der Waals surface area contributed by atoms with E-state index < -0.39 is 15.9 Å². The van der Waals surface area contributed by atoms with Crippen LogP contribution in [0.3, 0.4) is 0 Å². The number of halogens is 3. The zero-order valence-electron chi connectivity index (χ0n) is 12.7. The van der Waals surface area contributed by atoms with Gasteiger partial charge in [-0.05, 0) is 30.3 Å². The first-order valence-electron chi connectivity index (χ1n) is 6.97.